The summed E-state index contributed by atoms with van der Waals surface area (Å²) in [5.41, 5.74) is 2.04. The number of nitrogens with zero attached hydrogens (tertiary/aromatic N) is 1. The van der Waals surface area contributed by atoms with E-state index in [9.17, 15) is 0 Å². The molecule has 1 aromatic carbocycles. The van der Waals surface area contributed by atoms with Crippen molar-refractivity contribution in [2.45, 2.75) is 32.7 Å². The number of benzene rings is 1. The van der Waals surface area contributed by atoms with Crippen LogP contribution in [0.2, 0.25) is 0 Å². The van der Waals surface area contributed by atoms with Gasteiger partial charge >= 0.3 is 0 Å². The predicted octanol–water partition coefficient (Wildman–Crippen LogP) is 3.86. The first-order chi connectivity index (χ1) is 10.2. The average molecular weight is 324 g/mol. The van der Waals surface area contributed by atoms with Crippen LogP contribution >= 0.6 is 12.4 Å². The Labute approximate surface area is 139 Å². The van der Waals surface area contributed by atoms with Gasteiger partial charge in [0, 0.05) is 30.2 Å². The molecule has 0 saturated carbocycles. The molecular formula is C17H26ClN3O. The summed E-state index contributed by atoms with van der Waals surface area (Å²) in [4.78, 5) is 4.46. The Kier molecular flexibility index (Phi) is 7.99. The van der Waals surface area contributed by atoms with Gasteiger partial charge < -0.3 is 15.4 Å². The first-order valence-electron chi connectivity index (χ1n) is 7.60. The molecule has 2 N–H and O–H groups in total. The third-order valence-electron chi connectivity index (χ3n) is 3.39. The Morgan fingerprint density at radius 1 is 1.18 bits per heavy atom. The van der Waals surface area contributed by atoms with Crippen LogP contribution in [-0.2, 0) is 0 Å². The number of unbranched alkanes of at least 4 members (excludes halogenated alkanes) is 1. The monoisotopic (exact) mass is 323 g/mol. The van der Waals surface area contributed by atoms with E-state index in [2.05, 4.69) is 35.5 Å². The molecule has 0 aliphatic carbocycles. The second-order valence-electron chi connectivity index (χ2n) is 5.49. The highest BCUT2D eigenvalue weighted by Crippen LogP contribution is 2.27. The maximum absolute atomic E-state index is 5.36. The molecule has 0 bridgehead atoms. The van der Waals surface area contributed by atoms with Crippen LogP contribution in [0.1, 0.15) is 26.7 Å². The molecule has 0 spiro atoms. The van der Waals surface area contributed by atoms with E-state index in [1.807, 2.05) is 24.4 Å². The first-order valence-corrected chi connectivity index (χ1v) is 7.60. The van der Waals surface area contributed by atoms with Gasteiger partial charge in [-0.1, -0.05) is 19.9 Å². The molecule has 0 atom stereocenters. The normalized spacial score (nSPS) is 10.5. The van der Waals surface area contributed by atoms with Crippen LogP contribution in [0.25, 0.3) is 10.9 Å². The summed E-state index contributed by atoms with van der Waals surface area (Å²) in [6, 6.07) is 8.59. The summed E-state index contributed by atoms with van der Waals surface area (Å²) in [7, 11) is 1.69. The van der Waals surface area contributed by atoms with Crippen molar-refractivity contribution in [2.24, 2.45) is 0 Å². The SMILES string of the molecule is COc1cc(NCCCCNC(C)C)c2ncccc2c1.Cl. The Hall–Kier alpha value is -1.52. The van der Waals surface area contributed by atoms with E-state index in [4.69, 9.17) is 4.74 Å². The van der Waals surface area contributed by atoms with E-state index < -0.39 is 0 Å². The number of anilines is 1. The lowest BCUT2D eigenvalue weighted by Crippen LogP contribution is -2.24. The maximum Gasteiger partial charge on any atom is 0.121 e. The van der Waals surface area contributed by atoms with Crippen molar-refractivity contribution in [1.82, 2.24) is 10.3 Å². The fraction of sp³-hybridized carbons (Fsp3) is 0.471. The zero-order valence-corrected chi connectivity index (χ0v) is 14.4. The lowest BCUT2D eigenvalue weighted by Gasteiger charge is -2.12. The van der Waals surface area contributed by atoms with Gasteiger partial charge in [0.25, 0.3) is 0 Å². The largest absolute Gasteiger partial charge is 0.497 e. The van der Waals surface area contributed by atoms with Gasteiger partial charge in [-0.15, -0.1) is 12.4 Å². The number of rotatable bonds is 8. The Balaban J connectivity index is 0.00000242. The maximum atomic E-state index is 5.36. The van der Waals surface area contributed by atoms with Crippen LogP contribution in [0, 0.1) is 0 Å². The molecule has 0 saturated heterocycles. The highest BCUT2D eigenvalue weighted by atomic mass is 35.5. The molecule has 1 heterocycles. The quantitative estimate of drug-likeness (QED) is 0.724. The van der Waals surface area contributed by atoms with Crippen molar-refractivity contribution >= 4 is 29.0 Å². The molecule has 0 aliphatic heterocycles. The number of fused-ring (bicyclic) bond motifs is 1. The molecule has 5 heteroatoms. The van der Waals surface area contributed by atoms with E-state index in [1.54, 1.807) is 7.11 Å². The standard InChI is InChI=1S/C17H25N3O.ClH/c1-13(2)18-8-4-5-9-19-16-12-15(21-3)11-14-7-6-10-20-17(14)16;/h6-7,10-13,18-19H,4-5,8-9H2,1-3H3;1H. The Morgan fingerprint density at radius 2 is 1.95 bits per heavy atom. The third kappa shape index (κ3) is 5.35. The van der Waals surface area contributed by atoms with Crippen molar-refractivity contribution < 1.29 is 4.74 Å². The number of hydrogen-bond acceptors (Lipinski definition) is 4. The van der Waals surface area contributed by atoms with Crippen molar-refractivity contribution in [3.05, 3.63) is 30.5 Å². The van der Waals surface area contributed by atoms with Gasteiger partial charge in [-0.25, -0.2) is 0 Å². The van der Waals surface area contributed by atoms with Gasteiger partial charge in [-0.05, 0) is 31.5 Å². The molecular weight excluding hydrogens is 298 g/mol. The lowest BCUT2D eigenvalue weighted by molar-refractivity contribution is 0.415. The number of ether oxygens (including phenoxy) is 1. The minimum Gasteiger partial charge on any atom is -0.497 e. The molecule has 22 heavy (non-hydrogen) atoms. The van der Waals surface area contributed by atoms with Gasteiger partial charge in [0.15, 0.2) is 0 Å². The van der Waals surface area contributed by atoms with Gasteiger partial charge in [0.2, 0.25) is 0 Å². The highest BCUT2D eigenvalue weighted by molar-refractivity contribution is 5.91. The summed E-state index contributed by atoms with van der Waals surface area (Å²) in [6.07, 6.45) is 4.12. The van der Waals surface area contributed by atoms with Crippen molar-refractivity contribution in [2.75, 3.05) is 25.5 Å². The smallest absolute Gasteiger partial charge is 0.121 e. The van der Waals surface area contributed by atoms with E-state index in [0.29, 0.717) is 6.04 Å². The topological polar surface area (TPSA) is 46.2 Å². The second-order valence-corrected chi connectivity index (χ2v) is 5.49. The fourth-order valence-electron chi connectivity index (χ4n) is 2.28. The van der Waals surface area contributed by atoms with Crippen LogP contribution in [-0.4, -0.2) is 31.2 Å². The first kappa shape index (κ1) is 18.5. The summed E-state index contributed by atoms with van der Waals surface area (Å²) in [5, 5.41) is 8.01. The Bertz CT molecular complexity index is 575. The third-order valence-corrected chi connectivity index (χ3v) is 3.39. The molecule has 4 nitrogen and oxygen atoms in total. The number of methoxy groups -OCH3 is 1. The molecule has 0 radical (unpaired) electrons. The Morgan fingerprint density at radius 3 is 2.68 bits per heavy atom. The van der Waals surface area contributed by atoms with Gasteiger partial charge in [-0.2, -0.15) is 0 Å². The zero-order valence-electron chi connectivity index (χ0n) is 13.6. The van der Waals surface area contributed by atoms with Crippen LogP contribution < -0.4 is 15.4 Å². The van der Waals surface area contributed by atoms with Crippen LogP contribution in [0.3, 0.4) is 0 Å². The predicted molar refractivity (Wildman–Crippen MR) is 96.4 cm³/mol. The van der Waals surface area contributed by atoms with Crippen LogP contribution in [0.4, 0.5) is 5.69 Å². The van der Waals surface area contributed by atoms with Gasteiger partial charge in [-0.3, -0.25) is 4.98 Å². The van der Waals surface area contributed by atoms with Crippen LogP contribution in [0.15, 0.2) is 30.5 Å². The van der Waals surface area contributed by atoms with Gasteiger partial charge in [0.1, 0.15) is 5.75 Å². The lowest BCUT2D eigenvalue weighted by atomic mass is 10.1. The molecule has 0 aliphatic rings. The van der Waals surface area contributed by atoms with E-state index in [1.165, 1.54) is 6.42 Å². The molecule has 2 aromatic rings. The van der Waals surface area contributed by atoms with Crippen molar-refractivity contribution in [3.63, 3.8) is 0 Å². The van der Waals surface area contributed by atoms with Crippen LogP contribution in [0.5, 0.6) is 5.75 Å². The molecule has 0 amide bonds. The summed E-state index contributed by atoms with van der Waals surface area (Å²) in [5.74, 6) is 0.861. The average Bonchev–Trinajstić information content (AvgIpc) is 2.50. The number of nitrogens with one attached hydrogen (secondary N) is 2. The summed E-state index contributed by atoms with van der Waals surface area (Å²) in [6.45, 7) is 6.35. The number of pyridine rings is 1. The second kappa shape index (κ2) is 9.49. The van der Waals surface area contributed by atoms with E-state index in [-0.39, 0.29) is 12.4 Å². The number of aromatic nitrogens is 1. The van der Waals surface area contributed by atoms with E-state index >= 15 is 0 Å². The molecule has 2 rings (SSSR count). The summed E-state index contributed by atoms with van der Waals surface area (Å²) >= 11 is 0. The zero-order chi connectivity index (χ0) is 15.1. The fourth-order valence-corrected chi connectivity index (χ4v) is 2.28. The van der Waals surface area contributed by atoms with Crippen molar-refractivity contribution in [1.29, 1.82) is 0 Å². The highest BCUT2D eigenvalue weighted by Gasteiger charge is 2.05. The molecule has 1 aromatic heterocycles. The van der Waals surface area contributed by atoms with Crippen molar-refractivity contribution in [3.8, 4) is 5.75 Å². The van der Waals surface area contributed by atoms with E-state index in [0.717, 1.165) is 41.9 Å². The number of hydrogen-bond donors (Lipinski definition) is 2. The molecule has 0 unspecified atom stereocenters. The minimum absolute atomic E-state index is 0. The minimum atomic E-state index is 0. The number of halogens is 1. The summed E-state index contributed by atoms with van der Waals surface area (Å²) < 4.78 is 5.36. The molecule has 122 valence electrons. The van der Waals surface area contributed by atoms with Gasteiger partial charge in [0.05, 0.1) is 18.3 Å². The molecule has 0 fully saturated rings.